The summed E-state index contributed by atoms with van der Waals surface area (Å²) in [6.07, 6.45) is 12.3. The fourth-order valence-electron chi connectivity index (χ4n) is 7.68. The van der Waals surface area contributed by atoms with Crippen molar-refractivity contribution >= 4 is 0 Å². The van der Waals surface area contributed by atoms with Crippen molar-refractivity contribution in [2.75, 3.05) is 6.61 Å². The van der Waals surface area contributed by atoms with E-state index >= 15 is 0 Å². The van der Waals surface area contributed by atoms with Gasteiger partial charge in [-0.1, -0.05) is 32.4 Å². The van der Waals surface area contributed by atoms with Gasteiger partial charge in [-0.2, -0.15) is 0 Å². The summed E-state index contributed by atoms with van der Waals surface area (Å²) in [6.45, 7) is 9.77. The molecule has 0 saturated heterocycles. The molecule has 0 aromatic heterocycles. The second kappa shape index (κ2) is 4.37. The van der Waals surface area contributed by atoms with Crippen molar-refractivity contribution in [3.05, 3.63) is 12.2 Å². The standard InChI is InChI=1S/C20H32O/c1-14-11-20-10-7-16-18(2,13-21)8-4-9-19(16,3)17(20)6-5-15(14)12-20/h15-17,21H,1,4-13H2,2-3H3/t15?,16?,17?,18-,19+,20+/m0/s1. The zero-order chi connectivity index (χ0) is 14.9. The van der Waals surface area contributed by atoms with Gasteiger partial charge in [-0.25, -0.2) is 0 Å². The minimum atomic E-state index is 0.182. The first-order valence-corrected chi connectivity index (χ1v) is 9.22. The molecule has 1 N–H and O–H groups in total. The lowest BCUT2D eigenvalue weighted by atomic mass is 9.41. The summed E-state index contributed by atoms with van der Waals surface area (Å²) in [4.78, 5) is 0. The molecule has 0 aromatic carbocycles. The summed E-state index contributed by atoms with van der Waals surface area (Å²) < 4.78 is 0. The van der Waals surface area contributed by atoms with Gasteiger partial charge in [0.2, 0.25) is 0 Å². The van der Waals surface area contributed by atoms with E-state index in [4.69, 9.17) is 0 Å². The summed E-state index contributed by atoms with van der Waals surface area (Å²) in [5, 5.41) is 10.1. The predicted molar refractivity (Wildman–Crippen MR) is 86.9 cm³/mol. The third-order valence-corrected chi connectivity index (χ3v) is 8.54. The van der Waals surface area contributed by atoms with Gasteiger partial charge < -0.3 is 5.11 Å². The summed E-state index contributed by atoms with van der Waals surface area (Å²) in [5.41, 5.74) is 2.82. The van der Waals surface area contributed by atoms with Crippen molar-refractivity contribution in [3.8, 4) is 0 Å². The SMILES string of the molecule is C=C1C[C@@]23CCC4[C@](C)(CO)CCC[C@@]4(C)C2CCC1C3. The predicted octanol–water partition coefficient (Wildman–Crippen LogP) is 4.95. The number of rotatable bonds is 1. The average molecular weight is 288 g/mol. The summed E-state index contributed by atoms with van der Waals surface area (Å²) in [6, 6.07) is 0. The Morgan fingerprint density at radius 3 is 2.67 bits per heavy atom. The van der Waals surface area contributed by atoms with Crippen LogP contribution in [-0.4, -0.2) is 11.7 Å². The monoisotopic (exact) mass is 288 g/mol. The van der Waals surface area contributed by atoms with Crippen LogP contribution in [-0.2, 0) is 0 Å². The Hall–Kier alpha value is -0.300. The van der Waals surface area contributed by atoms with Crippen LogP contribution in [0.5, 0.6) is 0 Å². The second-order valence-corrected chi connectivity index (χ2v) is 9.49. The van der Waals surface area contributed by atoms with Gasteiger partial charge in [-0.15, -0.1) is 0 Å². The van der Waals surface area contributed by atoms with Gasteiger partial charge in [0, 0.05) is 6.61 Å². The zero-order valence-electron chi connectivity index (χ0n) is 14.0. The van der Waals surface area contributed by atoms with Crippen LogP contribution < -0.4 is 0 Å². The van der Waals surface area contributed by atoms with Crippen LogP contribution in [0, 0.1) is 34.0 Å². The number of allylic oxidation sites excluding steroid dienone is 1. The molecule has 0 radical (unpaired) electrons. The van der Waals surface area contributed by atoms with E-state index in [2.05, 4.69) is 20.4 Å². The van der Waals surface area contributed by atoms with Crippen LogP contribution in [0.4, 0.5) is 0 Å². The molecular weight excluding hydrogens is 256 g/mol. The highest BCUT2D eigenvalue weighted by atomic mass is 16.3. The van der Waals surface area contributed by atoms with E-state index in [1.54, 1.807) is 5.57 Å². The molecule has 1 spiro atoms. The van der Waals surface area contributed by atoms with Gasteiger partial charge in [-0.3, -0.25) is 0 Å². The topological polar surface area (TPSA) is 20.2 Å². The number of aliphatic hydroxyl groups is 1. The molecule has 118 valence electrons. The van der Waals surface area contributed by atoms with E-state index in [9.17, 15) is 5.11 Å². The largest absolute Gasteiger partial charge is 0.396 e. The van der Waals surface area contributed by atoms with E-state index in [0.29, 0.717) is 17.4 Å². The Bertz CT molecular complexity index is 468. The van der Waals surface area contributed by atoms with Crippen molar-refractivity contribution in [2.24, 2.45) is 34.0 Å². The van der Waals surface area contributed by atoms with Gasteiger partial charge in [0.05, 0.1) is 0 Å². The summed E-state index contributed by atoms with van der Waals surface area (Å²) in [7, 11) is 0. The minimum absolute atomic E-state index is 0.182. The van der Waals surface area contributed by atoms with Crippen LogP contribution >= 0.6 is 0 Å². The third-order valence-electron chi connectivity index (χ3n) is 8.54. The molecule has 1 nitrogen and oxygen atoms in total. The van der Waals surface area contributed by atoms with E-state index in [1.165, 1.54) is 57.8 Å². The van der Waals surface area contributed by atoms with Crippen molar-refractivity contribution in [3.63, 3.8) is 0 Å². The maximum absolute atomic E-state index is 10.1. The first kappa shape index (κ1) is 14.3. The second-order valence-electron chi connectivity index (χ2n) is 9.49. The Morgan fingerprint density at radius 1 is 1.10 bits per heavy atom. The van der Waals surface area contributed by atoms with Crippen molar-refractivity contribution in [1.82, 2.24) is 0 Å². The molecule has 6 atom stereocenters. The molecule has 1 heteroatoms. The molecule has 4 rings (SSSR count). The van der Waals surface area contributed by atoms with E-state index in [-0.39, 0.29) is 5.41 Å². The number of aliphatic hydroxyl groups excluding tert-OH is 1. The van der Waals surface area contributed by atoms with Crippen LogP contribution in [0.2, 0.25) is 0 Å². The molecule has 21 heavy (non-hydrogen) atoms. The van der Waals surface area contributed by atoms with Crippen molar-refractivity contribution in [2.45, 2.75) is 71.6 Å². The van der Waals surface area contributed by atoms with Gasteiger partial charge in [0.1, 0.15) is 0 Å². The first-order chi connectivity index (χ1) is 9.94. The van der Waals surface area contributed by atoms with Gasteiger partial charge in [0.15, 0.2) is 0 Å². The molecule has 0 aromatic rings. The molecule has 0 aliphatic heterocycles. The third kappa shape index (κ3) is 1.73. The lowest BCUT2D eigenvalue weighted by Gasteiger charge is -2.64. The molecular formula is C20H32O. The Kier molecular flexibility index (Phi) is 2.98. The summed E-state index contributed by atoms with van der Waals surface area (Å²) >= 11 is 0. The Labute approximate surface area is 130 Å². The van der Waals surface area contributed by atoms with E-state index < -0.39 is 0 Å². The number of fused-ring (bicyclic) bond motifs is 3. The lowest BCUT2D eigenvalue weighted by Crippen LogP contribution is -2.57. The van der Waals surface area contributed by atoms with Crippen LogP contribution in [0.15, 0.2) is 12.2 Å². The van der Waals surface area contributed by atoms with Gasteiger partial charge >= 0.3 is 0 Å². The van der Waals surface area contributed by atoms with Crippen LogP contribution in [0.3, 0.4) is 0 Å². The van der Waals surface area contributed by atoms with Gasteiger partial charge in [-0.05, 0) is 85.4 Å². The minimum Gasteiger partial charge on any atom is -0.396 e. The fourth-order valence-corrected chi connectivity index (χ4v) is 7.68. The van der Waals surface area contributed by atoms with Crippen molar-refractivity contribution < 1.29 is 5.11 Å². The first-order valence-electron chi connectivity index (χ1n) is 9.22. The molecule has 0 heterocycles. The Balaban J connectivity index is 1.73. The average Bonchev–Trinajstić information content (AvgIpc) is 2.68. The quantitative estimate of drug-likeness (QED) is 0.677. The highest BCUT2D eigenvalue weighted by molar-refractivity contribution is 5.22. The number of hydrogen-bond acceptors (Lipinski definition) is 1. The van der Waals surface area contributed by atoms with Crippen LogP contribution in [0.25, 0.3) is 0 Å². The Morgan fingerprint density at radius 2 is 1.90 bits per heavy atom. The van der Waals surface area contributed by atoms with Crippen LogP contribution in [0.1, 0.15) is 71.6 Å². The maximum atomic E-state index is 10.1. The fraction of sp³-hybridized carbons (Fsp3) is 0.900. The molecule has 4 saturated carbocycles. The molecule has 4 fully saturated rings. The smallest absolute Gasteiger partial charge is 0.0487 e. The molecule has 0 amide bonds. The molecule has 4 aliphatic carbocycles. The molecule has 2 bridgehead atoms. The highest BCUT2D eigenvalue weighted by Gasteiger charge is 2.63. The number of hydrogen-bond donors (Lipinski definition) is 1. The van der Waals surface area contributed by atoms with Crippen molar-refractivity contribution in [1.29, 1.82) is 0 Å². The normalized spacial score (nSPS) is 56.0. The highest BCUT2D eigenvalue weighted by Crippen LogP contribution is 2.72. The lowest BCUT2D eigenvalue weighted by molar-refractivity contribution is -0.158. The molecule has 3 unspecified atom stereocenters. The van der Waals surface area contributed by atoms with Gasteiger partial charge in [0.25, 0.3) is 0 Å². The summed E-state index contributed by atoms with van der Waals surface area (Å²) in [5.74, 6) is 2.48. The molecule has 4 aliphatic rings. The zero-order valence-corrected chi connectivity index (χ0v) is 14.0. The van der Waals surface area contributed by atoms with E-state index in [0.717, 1.165) is 17.8 Å². The maximum Gasteiger partial charge on any atom is 0.0487 e. The van der Waals surface area contributed by atoms with E-state index in [1.807, 2.05) is 0 Å².